The van der Waals surface area contributed by atoms with Crippen molar-refractivity contribution < 1.29 is 19.1 Å². The van der Waals surface area contributed by atoms with Gasteiger partial charge in [0.25, 0.3) is 0 Å². The molecule has 1 aromatic carbocycles. The molecule has 1 amide bonds. The van der Waals surface area contributed by atoms with Gasteiger partial charge in [0.05, 0.1) is 28.9 Å². The summed E-state index contributed by atoms with van der Waals surface area (Å²) in [5.74, 6) is 0.429. The first-order valence-corrected chi connectivity index (χ1v) is 18.1. The predicted octanol–water partition coefficient (Wildman–Crippen LogP) is 5.29. The Labute approximate surface area is 237 Å². The number of alkyl carbamates (subject to hydrolysis) is 1. The molecule has 2 N–H and O–H groups in total. The molecule has 1 aliphatic carbocycles. The number of carbonyl (C=O) groups excluding carboxylic acids is 2. The average Bonchev–Trinajstić information content (AvgIpc) is 3.23. The lowest BCUT2D eigenvalue weighted by Gasteiger charge is -2.36. The highest BCUT2D eigenvalue weighted by Gasteiger charge is 2.41. The quantitative estimate of drug-likeness (QED) is 0.237. The Balaban J connectivity index is 1.65. The van der Waals surface area contributed by atoms with Crippen LogP contribution in [0.2, 0.25) is 30.7 Å². The van der Waals surface area contributed by atoms with Crippen molar-refractivity contribution in [3.63, 3.8) is 0 Å². The number of imidazole rings is 1. The van der Waals surface area contributed by atoms with E-state index in [0.717, 1.165) is 36.9 Å². The van der Waals surface area contributed by atoms with Gasteiger partial charge >= 0.3 is 6.09 Å². The number of ketones is 1. The first kappa shape index (κ1) is 29.8. The second kappa shape index (κ2) is 12.2. The fraction of sp³-hybridized carbons (Fsp3) is 0.679. The number of carbonyl (C=O) groups is 2. The third-order valence-corrected chi connectivity index (χ3v) is 10.2. The molecule has 1 unspecified atom stereocenters. The van der Waals surface area contributed by atoms with Crippen LogP contribution in [0.3, 0.4) is 0 Å². The van der Waals surface area contributed by atoms with Gasteiger partial charge in [0.2, 0.25) is 5.78 Å². The van der Waals surface area contributed by atoms with Crippen LogP contribution in [0.1, 0.15) is 50.1 Å². The fourth-order valence-corrected chi connectivity index (χ4v) is 6.54. The first-order chi connectivity index (χ1) is 18.4. The Morgan fingerprint density at radius 2 is 1.97 bits per heavy atom. The standard InChI is InChI=1S/C28H44ClN5O4Si/c1-19-17-30-11-12-33(19)23-16-24-22(15-21(23)29)32-26(34(24)18-38-13-14-39(4,5)6)25(35)28(2)9-7-20(8-10-28)31-27(36)37-3/h15-16,19-20,30H,7-14,17-18H2,1-6H3,(H,31,36). The van der Waals surface area contributed by atoms with Gasteiger partial charge in [-0.2, -0.15) is 0 Å². The van der Waals surface area contributed by atoms with E-state index in [2.05, 4.69) is 48.2 Å². The zero-order valence-electron chi connectivity index (χ0n) is 24.2. The minimum absolute atomic E-state index is 0.00410. The van der Waals surface area contributed by atoms with E-state index in [1.54, 1.807) is 0 Å². The highest BCUT2D eigenvalue weighted by Crippen LogP contribution is 2.40. The van der Waals surface area contributed by atoms with E-state index in [1.807, 2.05) is 17.6 Å². The number of aromatic nitrogens is 2. The van der Waals surface area contributed by atoms with Gasteiger partial charge in [0.15, 0.2) is 5.82 Å². The molecule has 4 rings (SSSR count). The number of benzene rings is 1. The highest BCUT2D eigenvalue weighted by molar-refractivity contribution is 6.76. The Morgan fingerprint density at radius 1 is 1.26 bits per heavy atom. The number of ether oxygens (including phenoxy) is 2. The van der Waals surface area contributed by atoms with Crippen LogP contribution in [-0.4, -0.2) is 74.9 Å². The Bertz CT molecular complexity index is 1190. The number of piperazine rings is 1. The summed E-state index contributed by atoms with van der Waals surface area (Å²) in [6.07, 6.45) is 2.30. The molecule has 2 heterocycles. The molecule has 0 radical (unpaired) electrons. The maximum absolute atomic E-state index is 14.1. The largest absolute Gasteiger partial charge is 0.453 e. The van der Waals surface area contributed by atoms with Gasteiger partial charge in [-0.05, 0) is 50.8 Å². The second-order valence-electron chi connectivity index (χ2n) is 12.6. The SMILES string of the molecule is COC(=O)NC1CCC(C)(C(=O)c2nc3cc(Cl)c(N4CCNCC4C)cc3n2COCC[Si](C)(C)C)CC1. The van der Waals surface area contributed by atoms with Crippen molar-refractivity contribution in [2.75, 3.05) is 38.3 Å². The van der Waals surface area contributed by atoms with Gasteiger partial charge in [0.1, 0.15) is 6.73 Å². The fourth-order valence-electron chi connectivity index (χ4n) is 5.51. The normalized spacial score (nSPS) is 24.1. The van der Waals surface area contributed by atoms with E-state index >= 15 is 0 Å². The number of halogens is 1. The molecule has 9 nitrogen and oxygen atoms in total. The smallest absolute Gasteiger partial charge is 0.407 e. The summed E-state index contributed by atoms with van der Waals surface area (Å²) in [7, 11) is 0.103. The number of anilines is 1. The number of methoxy groups -OCH3 is 1. The molecular weight excluding hydrogens is 534 g/mol. The number of fused-ring (bicyclic) bond motifs is 1. The van der Waals surface area contributed by atoms with Gasteiger partial charge in [-0.1, -0.05) is 38.2 Å². The number of nitrogens with one attached hydrogen (secondary N) is 2. The lowest BCUT2D eigenvalue weighted by Crippen LogP contribution is -2.50. The number of rotatable bonds is 9. The van der Waals surface area contributed by atoms with Crippen molar-refractivity contribution >= 4 is 48.3 Å². The minimum Gasteiger partial charge on any atom is -0.453 e. The van der Waals surface area contributed by atoms with Crippen LogP contribution >= 0.6 is 11.6 Å². The number of hydrogen-bond acceptors (Lipinski definition) is 7. The van der Waals surface area contributed by atoms with E-state index in [4.69, 9.17) is 26.1 Å². The van der Waals surface area contributed by atoms with E-state index < -0.39 is 19.6 Å². The van der Waals surface area contributed by atoms with Gasteiger partial charge in [-0.25, -0.2) is 9.78 Å². The van der Waals surface area contributed by atoms with Crippen molar-refractivity contribution in [2.45, 2.75) is 84.0 Å². The lowest BCUT2D eigenvalue weighted by atomic mass is 9.71. The maximum Gasteiger partial charge on any atom is 0.407 e. The Morgan fingerprint density at radius 3 is 2.62 bits per heavy atom. The summed E-state index contributed by atoms with van der Waals surface area (Å²) in [6, 6.07) is 5.31. The molecule has 0 spiro atoms. The Kier molecular flexibility index (Phi) is 9.30. The first-order valence-electron chi connectivity index (χ1n) is 14.1. The molecular formula is C28H44ClN5O4Si. The van der Waals surface area contributed by atoms with Crippen molar-refractivity contribution in [3.05, 3.63) is 23.0 Å². The van der Waals surface area contributed by atoms with Crippen molar-refractivity contribution in [1.29, 1.82) is 0 Å². The van der Waals surface area contributed by atoms with E-state index in [-0.39, 0.29) is 18.6 Å². The zero-order chi connectivity index (χ0) is 28.4. The van der Waals surface area contributed by atoms with E-state index in [1.165, 1.54) is 7.11 Å². The van der Waals surface area contributed by atoms with Crippen LogP contribution in [-0.2, 0) is 16.2 Å². The molecule has 1 saturated heterocycles. The molecule has 2 aliphatic rings. The summed E-state index contributed by atoms with van der Waals surface area (Å²) < 4.78 is 12.9. The highest BCUT2D eigenvalue weighted by atomic mass is 35.5. The third kappa shape index (κ3) is 6.96. The molecule has 11 heteroatoms. The van der Waals surface area contributed by atoms with Gasteiger partial charge in [0, 0.05) is 51.8 Å². The Hall–Kier alpha value is -2.14. The molecule has 39 heavy (non-hydrogen) atoms. The number of hydrogen-bond donors (Lipinski definition) is 2. The summed E-state index contributed by atoms with van der Waals surface area (Å²) in [4.78, 5) is 33.0. The molecule has 1 aliphatic heterocycles. The summed E-state index contributed by atoms with van der Waals surface area (Å²) in [5, 5.41) is 6.95. The van der Waals surface area contributed by atoms with E-state index in [9.17, 15) is 9.59 Å². The average molecular weight is 578 g/mol. The third-order valence-electron chi connectivity index (χ3n) is 8.19. The topological polar surface area (TPSA) is 97.7 Å². The lowest BCUT2D eigenvalue weighted by molar-refractivity contribution is 0.0651. The van der Waals surface area contributed by atoms with Crippen LogP contribution in [0.25, 0.3) is 11.0 Å². The maximum atomic E-state index is 14.1. The van der Waals surface area contributed by atoms with Crippen LogP contribution < -0.4 is 15.5 Å². The molecule has 216 valence electrons. The zero-order valence-corrected chi connectivity index (χ0v) is 26.0. The van der Waals surface area contributed by atoms with Crippen LogP contribution in [0.4, 0.5) is 10.5 Å². The number of amides is 1. The predicted molar refractivity (Wildman–Crippen MR) is 159 cm³/mol. The van der Waals surface area contributed by atoms with Crippen molar-refractivity contribution in [2.24, 2.45) is 5.41 Å². The second-order valence-corrected chi connectivity index (χ2v) is 18.6. The molecule has 1 saturated carbocycles. The molecule has 1 aromatic heterocycles. The molecule has 2 fully saturated rings. The van der Waals surface area contributed by atoms with E-state index in [0.29, 0.717) is 54.7 Å². The van der Waals surface area contributed by atoms with Crippen molar-refractivity contribution in [1.82, 2.24) is 20.2 Å². The minimum atomic E-state index is -1.26. The monoisotopic (exact) mass is 577 g/mol. The van der Waals surface area contributed by atoms with Crippen LogP contribution in [0.15, 0.2) is 12.1 Å². The molecule has 1 atom stereocenters. The van der Waals surface area contributed by atoms with Gasteiger partial charge in [-0.3, -0.25) is 9.36 Å². The molecule has 2 aromatic rings. The number of nitrogens with zero attached hydrogens (tertiary/aromatic N) is 3. The summed E-state index contributed by atoms with van der Waals surface area (Å²) >= 11 is 6.80. The van der Waals surface area contributed by atoms with Crippen LogP contribution in [0, 0.1) is 5.41 Å². The van der Waals surface area contributed by atoms with Gasteiger partial charge in [-0.15, -0.1) is 0 Å². The van der Waals surface area contributed by atoms with Gasteiger partial charge < -0.3 is 25.0 Å². The summed E-state index contributed by atoms with van der Waals surface area (Å²) in [6.45, 7) is 14.7. The number of Topliss-reactive ketones (excluding diaryl/α,β-unsaturated/α-hetero) is 1. The van der Waals surface area contributed by atoms with Crippen molar-refractivity contribution in [3.8, 4) is 0 Å². The van der Waals surface area contributed by atoms with Crippen LogP contribution in [0.5, 0.6) is 0 Å². The molecule has 0 bridgehead atoms. The summed E-state index contributed by atoms with van der Waals surface area (Å²) in [5.41, 5.74) is 1.95.